The molecule has 2 heteroatoms. The van der Waals surface area contributed by atoms with Crippen molar-refractivity contribution in [2.75, 3.05) is 0 Å². The highest BCUT2D eigenvalue weighted by atomic mass is 15.1. The third-order valence-electron chi connectivity index (χ3n) is 6.13. The Morgan fingerprint density at radius 2 is 1.06 bits per heavy atom. The second-order valence-electron chi connectivity index (χ2n) is 8.26. The minimum Gasteiger partial charge on any atom is -0.292 e. The van der Waals surface area contributed by atoms with E-state index in [1.807, 2.05) is 0 Å². The van der Waals surface area contributed by atoms with Crippen LogP contribution in [-0.4, -0.2) is 9.55 Å². The lowest BCUT2D eigenvalue weighted by Gasteiger charge is -2.13. The fourth-order valence-electron chi connectivity index (χ4n) is 4.55. The Labute approximate surface area is 181 Å². The van der Waals surface area contributed by atoms with Crippen molar-refractivity contribution >= 4 is 32.6 Å². The standard InChI is InChI=1S/C29H22N2/c1-19-11-15-21(16-12-19)29-30-27-25-9-5-3-7-23(25)24-8-4-6-10-26(24)28(27)31(29)22-17-13-20(2)14-18-22/h3-18H,1-2H3. The van der Waals surface area contributed by atoms with Crippen LogP contribution < -0.4 is 0 Å². The summed E-state index contributed by atoms with van der Waals surface area (Å²) in [4.78, 5) is 5.25. The SMILES string of the molecule is Cc1ccc(-c2nc3c4ccccc4c4ccccc4c3n2-c2ccc(C)cc2)cc1. The monoisotopic (exact) mass is 398 g/mol. The molecule has 0 saturated carbocycles. The molecule has 0 spiro atoms. The van der Waals surface area contributed by atoms with E-state index in [-0.39, 0.29) is 0 Å². The summed E-state index contributed by atoms with van der Waals surface area (Å²) in [5, 5.41) is 4.92. The molecule has 31 heavy (non-hydrogen) atoms. The van der Waals surface area contributed by atoms with E-state index in [1.54, 1.807) is 0 Å². The van der Waals surface area contributed by atoms with Gasteiger partial charge in [0, 0.05) is 22.0 Å². The first-order valence-electron chi connectivity index (χ1n) is 10.7. The van der Waals surface area contributed by atoms with Crippen LogP contribution in [0.1, 0.15) is 11.1 Å². The number of imidazole rings is 1. The molecule has 0 fully saturated rings. The molecule has 0 aliphatic carbocycles. The van der Waals surface area contributed by atoms with Crippen molar-refractivity contribution in [3.05, 3.63) is 108 Å². The summed E-state index contributed by atoms with van der Waals surface area (Å²) in [7, 11) is 0. The van der Waals surface area contributed by atoms with Gasteiger partial charge in [0.25, 0.3) is 0 Å². The van der Waals surface area contributed by atoms with Crippen molar-refractivity contribution < 1.29 is 0 Å². The van der Waals surface area contributed by atoms with Crippen LogP contribution in [0.5, 0.6) is 0 Å². The zero-order valence-electron chi connectivity index (χ0n) is 17.6. The van der Waals surface area contributed by atoms with Crippen molar-refractivity contribution in [1.29, 1.82) is 0 Å². The molecule has 0 unspecified atom stereocenters. The van der Waals surface area contributed by atoms with Crippen LogP contribution >= 0.6 is 0 Å². The highest BCUT2D eigenvalue weighted by Gasteiger charge is 2.19. The molecule has 1 aromatic heterocycles. The predicted octanol–water partition coefficient (Wildman–Crippen LogP) is 7.62. The summed E-state index contributed by atoms with van der Waals surface area (Å²) < 4.78 is 2.33. The van der Waals surface area contributed by atoms with Crippen LogP contribution in [0, 0.1) is 13.8 Å². The van der Waals surface area contributed by atoms with Crippen molar-refractivity contribution in [3.63, 3.8) is 0 Å². The lowest BCUT2D eigenvalue weighted by molar-refractivity contribution is 1.10. The molecule has 0 amide bonds. The molecule has 0 atom stereocenters. The Kier molecular flexibility index (Phi) is 3.94. The fourth-order valence-corrected chi connectivity index (χ4v) is 4.55. The molecule has 148 valence electrons. The lowest BCUT2D eigenvalue weighted by Crippen LogP contribution is -1.98. The lowest BCUT2D eigenvalue weighted by atomic mass is 10.00. The van der Waals surface area contributed by atoms with E-state index in [0.29, 0.717) is 0 Å². The van der Waals surface area contributed by atoms with Gasteiger partial charge in [0.2, 0.25) is 0 Å². The third-order valence-corrected chi connectivity index (χ3v) is 6.13. The number of nitrogens with zero attached hydrogens (tertiary/aromatic N) is 2. The Morgan fingerprint density at radius 1 is 0.548 bits per heavy atom. The molecule has 0 aliphatic heterocycles. The van der Waals surface area contributed by atoms with E-state index in [1.165, 1.54) is 32.7 Å². The molecule has 0 radical (unpaired) electrons. The first-order valence-corrected chi connectivity index (χ1v) is 10.7. The largest absolute Gasteiger partial charge is 0.292 e. The van der Waals surface area contributed by atoms with Crippen LogP contribution in [0.4, 0.5) is 0 Å². The quantitative estimate of drug-likeness (QED) is 0.274. The summed E-state index contributed by atoms with van der Waals surface area (Å²) in [6, 6.07) is 34.7. The van der Waals surface area contributed by atoms with Gasteiger partial charge in [-0.1, -0.05) is 96.1 Å². The number of fused-ring (bicyclic) bond motifs is 6. The van der Waals surface area contributed by atoms with E-state index >= 15 is 0 Å². The molecule has 0 saturated heterocycles. The zero-order valence-corrected chi connectivity index (χ0v) is 17.6. The summed E-state index contributed by atoms with van der Waals surface area (Å²) in [6.45, 7) is 4.24. The number of hydrogen-bond acceptors (Lipinski definition) is 1. The Balaban J connectivity index is 1.85. The molecule has 0 bridgehead atoms. The van der Waals surface area contributed by atoms with Gasteiger partial charge in [0.15, 0.2) is 0 Å². The highest BCUT2D eigenvalue weighted by molar-refractivity contribution is 6.24. The van der Waals surface area contributed by atoms with E-state index in [2.05, 4.69) is 115 Å². The first kappa shape index (κ1) is 17.9. The van der Waals surface area contributed by atoms with E-state index in [0.717, 1.165) is 28.1 Å². The molecular formula is C29H22N2. The predicted molar refractivity (Wildman–Crippen MR) is 131 cm³/mol. The van der Waals surface area contributed by atoms with Crippen LogP contribution in [0.25, 0.3) is 49.7 Å². The maximum atomic E-state index is 5.25. The number of benzene rings is 5. The molecule has 5 aromatic carbocycles. The molecule has 6 rings (SSSR count). The second-order valence-corrected chi connectivity index (χ2v) is 8.26. The Morgan fingerprint density at radius 3 is 1.71 bits per heavy atom. The fraction of sp³-hybridized carbons (Fsp3) is 0.0690. The topological polar surface area (TPSA) is 17.8 Å². The first-order chi connectivity index (χ1) is 15.2. The third kappa shape index (κ3) is 2.76. The summed E-state index contributed by atoms with van der Waals surface area (Å²) in [6.07, 6.45) is 0. The molecule has 6 aromatic rings. The maximum absolute atomic E-state index is 5.25. The van der Waals surface area contributed by atoms with Crippen LogP contribution in [0.2, 0.25) is 0 Å². The molecule has 2 nitrogen and oxygen atoms in total. The number of aryl methyl sites for hydroxylation is 2. The summed E-state index contributed by atoms with van der Waals surface area (Å²) in [5.41, 5.74) is 6.96. The van der Waals surface area contributed by atoms with Crippen molar-refractivity contribution in [1.82, 2.24) is 9.55 Å². The van der Waals surface area contributed by atoms with Gasteiger partial charge in [0.1, 0.15) is 5.82 Å². The van der Waals surface area contributed by atoms with Crippen LogP contribution in [0.15, 0.2) is 97.1 Å². The number of hydrogen-bond donors (Lipinski definition) is 0. The van der Waals surface area contributed by atoms with Gasteiger partial charge < -0.3 is 0 Å². The average molecular weight is 399 g/mol. The highest BCUT2D eigenvalue weighted by Crippen LogP contribution is 2.38. The number of aromatic nitrogens is 2. The molecule has 1 heterocycles. The minimum atomic E-state index is 0.973. The van der Waals surface area contributed by atoms with Gasteiger partial charge in [-0.25, -0.2) is 4.98 Å². The summed E-state index contributed by atoms with van der Waals surface area (Å²) >= 11 is 0. The molecule has 0 aliphatic rings. The van der Waals surface area contributed by atoms with Gasteiger partial charge in [-0.2, -0.15) is 0 Å². The van der Waals surface area contributed by atoms with E-state index < -0.39 is 0 Å². The van der Waals surface area contributed by atoms with E-state index in [4.69, 9.17) is 4.98 Å². The number of rotatable bonds is 2. The van der Waals surface area contributed by atoms with Gasteiger partial charge in [0.05, 0.1) is 11.0 Å². The average Bonchev–Trinajstić information content (AvgIpc) is 3.21. The van der Waals surface area contributed by atoms with Gasteiger partial charge in [-0.05, 0) is 36.8 Å². The van der Waals surface area contributed by atoms with E-state index in [9.17, 15) is 0 Å². The smallest absolute Gasteiger partial charge is 0.145 e. The summed E-state index contributed by atoms with van der Waals surface area (Å²) in [5.74, 6) is 0.973. The maximum Gasteiger partial charge on any atom is 0.145 e. The minimum absolute atomic E-state index is 0.973. The van der Waals surface area contributed by atoms with Crippen molar-refractivity contribution in [2.45, 2.75) is 13.8 Å². The Bertz CT molecular complexity index is 1570. The zero-order chi connectivity index (χ0) is 20.9. The molecule has 0 N–H and O–H groups in total. The van der Waals surface area contributed by atoms with Gasteiger partial charge in [-0.3, -0.25) is 4.57 Å². The van der Waals surface area contributed by atoms with Crippen LogP contribution in [0.3, 0.4) is 0 Å². The Hall–Kier alpha value is -3.91. The second kappa shape index (κ2) is 6.82. The van der Waals surface area contributed by atoms with Gasteiger partial charge in [-0.15, -0.1) is 0 Å². The molecular weight excluding hydrogens is 376 g/mol. The van der Waals surface area contributed by atoms with Gasteiger partial charge >= 0.3 is 0 Å². The van der Waals surface area contributed by atoms with Crippen molar-refractivity contribution in [3.8, 4) is 17.1 Å². The normalized spacial score (nSPS) is 11.5. The van der Waals surface area contributed by atoms with Crippen molar-refractivity contribution in [2.24, 2.45) is 0 Å². The van der Waals surface area contributed by atoms with Crippen LogP contribution in [-0.2, 0) is 0 Å².